The minimum atomic E-state index is 0.0471. The van der Waals surface area contributed by atoms with E-state index in [-0.39, 0.29) is 11.5 Å². The summed E-state index contributed by atoms with van der Waals surface area (Å²) in [6.07, 6.45) is 0.924. The maximum Gasteiger partial charge on any atom is 0.225 e. The molecular weight excluding hydrogens is 214 g/mol. The van der Waals surface area contributed by atoms with Crippen molar-refractivity contribution in [3.63, 3.8) is 0 Å². The average Bonchev–Trinajstić information content (AvgIpc) is 2.37. The van der Waals surface area contributed by atoms with Gasteiger partial charge in [0.25, 0.3) is 0 Å². The van der Waals surface area contributed by atoms with E-state index in [9.17, 15) is 4.79 Å². The molecule has 0 spiro atoms. The standard InChI is InChI=1S/C13H27N3O/c1-5-11(2)12(17)15-6-8-16(9-7-15)13(3,4)10-14/h11H,5-10,14H2,1-4H3. The Morgan fingerprint density at radius 3 is 2.24 bits per heavy atom. The molecule has 1 amide bonds. The van der Waals surface area contributed by atoms with Crippen LogP contribution in [-0.2, 0) is 4.79 Å². The van der Waals surface area contributed by atoms with Crippen LogP contribution in [0.4, 0.5) is 0 Å². The topological polar surface area (TPSA) is 49.6 Å². The molecule has 1 fully saturated rings. The minimum Gasteiger partial charge on any atom is -0.340 e. The number of rotatable bonds is 4. The second-order valence-corrected chi connectivity index (χ2v) is 5.64. The van der Waals surface area contributed by atoms with E-state index in [1.54, 1.807) is 0 Å². The van der Waals surface area contributed by atoms with Crippen molar-refractivity contribution in [3.8, 4) is 0 Å². The van der Waals surface area contributed by atoms with E-state index in [0.717, 1.165) is 32.6 Å². The molecule has 17 heavy (non-hydrogen) atoms. The second kappa shape index (κ2) is 5.83. The zero-order valence-corrected chi connectivity index (χ0v) is 11.7. The number of hydrogen-bond acceptors (Lipinski definition) is 3. The second-order valence-electron chi connectivity index (χ2n) is 5.64. The van der Waals surface area contributed by atoms with Crippen LogP contribution in [0.5, 0.6) is 0 Å². The molecule has 0 aromatic carbocycles. The molecule has 1 heterocycles. The van der Waals surface area contributed by atoms with Crippen molar-refractivity contribution < 1.29 is 4.79 Å². The average molecular weight is 241 g/mol. The van der Waals surface area contributed by atoms with Crippen LogP contribution in [0.25, 0.3) is 0 Å². The summed E-state index contributed by atoms with van der Waals surface area (Å²) in [6, 6.07) is 0. The molecule has 1 unspecified atom stereocenters. The number of hydrogen-bond donors (Lipinski definition) is 1. The molecule has 1 saturated heterocycles. The van der Waals surface area contributed by atoms with Crippen molar-refractivity contribution >= 4 is 5.91 Å². The largest absolute Gasteiger partial charge is 0.340 e. The van der Waals surface area contributed by atoms with Crippen molar-refractivity contribution in [2.24, 2.45) is 11.7 Å². The molecule has 4 nitrogen and oxygen atoms in total. The minimum absolute atomic E-state index is 0.0471. The zero-order chi connectivity index (χ0) is 13.1. The van der Waals surface area contributed by atoms with Crippen molar-refractivity contribution in [3.05, 3.63) is 0 Å². The van der Waals surface area contributed by atoms with Crippen LogP contribution in [-0.4, -0.2) is 54.0 Å². The number of piperazine rings is 1. The van der Waals surface area contributed by atoms with E-state index in [1.807, 2.05) is 11.8 Å². The van der Waals surface area contributed by atoms with E-state index >= 15 is 0 Å². The van der Waals surface area contributed by atoms with Gasteiger partial charge in [0.2, 0.25) is 5.91 Å². The lowest BCUT2D eigenvalue weighted by molar-refractivity contribution is -0.137. The number of carbonyl (C=O) groups excluding carboxylic acids is 1. The van der Waals surface area contributed by atoms with Crippen LogP contribution in [0.3, 0.4) is 0 Å². The van der Waals surface area contributed by atoms with Crippen LogP contribution in [0.1, 0.15) is 34.1 Å². The predicted molar refractivity (Wildman–Crippen MR) is 70.7 cm³/mol. The molecule has 4 heteroatoms. The highest BCUT2D eigenvalue weighted by molar-refractivity contribution is 5.78. The molecule has 1 rings (SSSR count). The lowest BCUT2D eigenvalue weighted by Crippen LogP contribution is -2.58. The van der Waals surface area contributed by atoms with Gasteiger partial charge in [-0.3, -0.25) is 9.69 Å². The van der Waals surface area contributed by atoms with Crippen LogP contribution in [0, 0.1) is 5.92 Å². The van der Waals surface area contributed by atoms with Crippen molar-refractivity contribution in [1.29, 1.82) is 0 Å². The molecule has 0 aliphatic carbocycles. The predicted octanol–water partition coefficient (Wildman–Crippen LogP) is 0.914. The van der Waals surface area contributed by atoms with Crippen LogP contribution in [0.15, 0.2) is 0 Å². The van der Waals surface area contributed by atoms with Crippen molar-refractivity contribution in [1.82, 2.24) is 9.80 Å². The van der Waals surface area contributed by atoms with Gasteiger partial charge in [-0.15, -0.1) is 0 Å². The highest BCUT2D eigenvalue weighted by Crippen LogP contribution is 2.17. The van der Waals surface area contributed by atoms with Crippen molar-refractivity contribution in [2.75, 3.05) is 32.7 Å². The van der Waals surface area contributed by atoms with Crippen molar-refractivity contribution in [2.45, 2.75) is 39.7 Å². The monoisotopic (exact) mass is 241 g/mol. The fourth-order valence-electron chi connectivity index (χ4n) is 2.15. The smallest absolute Gasteiger partial charge is 0.225 e. The molecule has 2 N–H and O–H groups in total. The highest BCUT2D eigenvalue weighted by Gasteiger charge is 2.30. The van der Waals surface area contributed by atoms with Gasteiger partial charge in [-0.2, -0.15) is 0 Å². The first kappa shape index (κ1) is 14.5. The third-order valence-corrected chi connectivity index (χ3v) is 3.98. The molecule has 0 saturated carbocycles. The quantitative estimate of drug-likeness (QED) is 0.796. The summed E-state index contributed by atoms with van der Waals surface area (Å²) in [6.45, 7) is 12.6. The Kier molecular flexibility index (Phi) is 4.95. The summed E-state index contributed by atoms with van der Waals surface area (Å²) in [5.41, 5.74) is 5.83. The molecule has 0 bridgehead atoms. The van der Waals surface area contributed by atoms with Gasteiger partial charge in [0, 0.05) is 44.2 Å². The van der Waals surface area contributed by atoms with Gasteiger partial charge in [0.15, 0.2) is 0 Å². The van der Waals surface area contributed by atoms with Gasteiger partial charge in [-0.1, -0.05) is 13.8 Å². The molecule has 0 radical (unpaired) electrons. The van der Waals surface area contributed by atoms with E-state index in [0.29, 0.717) is 12.5 Å². The van der Waals surface area contributed by atoms with E-state index < -0.39 is 0 Å². The first-order chi connectivity index (χ1) is 7.92. The Bertz CT molecular complexity index is 257. The first-order valence-electron chi connectivity index (χ1n) is 6.66. The molecule has 100 valence electrons. The summed E-state index contributed by atoms with van der Waals surface area (Å²) in [5, 5.41) is 0. The Morgan fingerprint density at radius 2 is 1.82 bits per heavy atom. The number of carbonyl (C=O) groups is 1. The third kappa shape index (κ3) is 3.42. The summed E-state index contributed by atoms with van der Waals surface area (Å²) in [7, 11) is 0. The fourth-order valence-corrected chi connectivity index (χ4v) is 2.15. The molecule has 1 atom stereocenters. The fraction of sp³-hybridized carbons (Fsp3) is 0.923. The Labute approximate surface area is 105 Å². The van der Waals surface area contributed by atoms with Gasteiger partial charge in [0.05, 0.1) is 0 Å². The summed E-state index contributed by atoms with van der Waals surface area (Å²) < 4.78 is 0. The Balaban J connectivity index is 2.49. The van der Waals surface area contributed by atoms with Gasteiger partial charge in [-0.25, -0.2) is 0 Å². The summed E-state index contributed by atoms with van der Waals surface area (Å²) in [4.78, 5) is 16.4. The first-order valence-corrected chi connectivity index (χ1v) is 6.66. The van der Waals surface area contributed by atoms with Crippen LogP contribution < -0.4 is 5.73 Å². The molecule has 0 aromatic rings. The summed E-state index contributed by atoms with van der Waals surface area (Å²) in [5.74, 6) is 0.460. The van der Waals surface area contributed by atoms with Gasteiger partial charge < -0.3 is 10.6 Å². The van der Waals surface area contributed by atoms with E-state index in [2.05, 4.69) is 25.7 Å². The normalized spacial score (nSPS) is 20.4. The number of nitrogens with two attached hydrogens (primary N) is 1. The van der Waals surface area contributed by atoms with Crippen LogP contribution in [0.2, 0.25) is 0 Å². The van der Waals surface area contributed by atoms with E-state index in [1.165, 1.54) is 0 Å². The zero-order valence-electron chi connectivity index (χ0n) is 11.7. The van der Waals surface area contributed by atoms with E-state index in [4.69, 9.17) is 5.73 Å². The molecule has 0 aromatic heterocycles. The lowest BCUT2D eigenvalue weighted by Gasteiger charge is -2.44. The number of amides is 1. The van der Waals surface area contributed by atoms with Gasteiger partial charge in [0.1, 0.15) is 0 Å². The van der Waals surface area contributed by atoms with Crippen LogP contribution >= 0.6 is 0 Å². The summed E-state index contributed by atoms with van der Waals surface area (Å²) >= 11 is 0. The lowest BCUT2D eigenvalue weighted by atomic mass is 10.0. The molecule has 1 aliphatic rings. The Hall–Kier alpha value is -0.610. The SMILES string of the molecule is CCC(C)C(=O)N1CCN(C(C)(C)CN)CC1. The Morgan fingerprint density at radius 1 is 1.29 bits per heavy atom. The number of nitrogens with zero attached hydrogens (tertiary/aromatic N) is 2. The third-order valence-electron chi connectivity index (χ3n) is 3.98. The highest BCUT2D eigenvalue weighted by atomic mass is 16.2. The maximum absolute atomic E-state index is 12.0. The maximum atomic E-state index is 12.0. The molecule has 1 aliphatic heterocycles. The van der Waals surface area contributed by atoms with Gasteiger partial charge in [-0.05, 0) is 20.3 Å². The molecular formula is C13H27N3O. The van der Waals surface area contributed by atoms with Gasteiger partial charge >= 0.3 is 0 Å².